The Kier molecular flexibility index (Phi) is 12.1. The molecule has 2 unspecified atom stereocenters. The van der Waals surface area contributed by atoms with E-state index in [0.717, 1.165) is 38.5 Å². The zero-order valence-electron chi connectivity index (χ0n) is 52.6. The van der Waals surface area contributed by atoms with Gasteiger partial charge in [0.25, 0.3) is 6.71 Å². The summed E-state index contributed by atoms with van der Waals surface area (Å²) in [6.45, 7) is 29.3. The van der Waals surface area contributed by atoms with Crippen LogP contribution in [0.5, 0.6) is 0 Å². The second kappa shape index (κ2) is 19.0. The SMILES string of the molecule is CC1(C)Cc2ccc(N3c4cc5c(cc4B4c6cc(C(C)(C)C)ccc6N(c6ccc(C(C)(C)C)cc6-c6ccccc6)c6cc(N7c8ccc(C(c9ccccc9)c9ccccc9)cc8C8(C)CCCCC78C)cc3c64)CC(C)(C)C5)cc2C1. The summed E-state index contributed by atoms with van der Waals surface area (Å²) in [4.78, 5) is 8.36. The van der Waals surface area contributed by atoms with Gasteiger partial charge in [-0.2, -0.15) is 0 Å². The van der Waals surface area contributed by atoms with E-state index in [2.05, 4.69) is 286 Å². The third-order valence-corrected chi connectivity index (χ3v) is 21.5. The number of benzene rings is 9. The van der Waals surface area contributed by atoms with E-state index < -0.39 is 0 Å². The minimum atomic E-state index is -0.215. The second-order valence-electron chi connectivity index (χ2n) is 30.7. The molecule has 0 spiro atoms. The molecule has 15 rings (SSSR count). The van der Waals surface area contributed by atoms with Crippen molar-refractivity contribution in [3.8, 4) is 11.1 Å². The van der Waals surface area contributed by atoms with Crippen molar-refractivity contribution in [1.82, 2.24) is 0 Å². The zero-order chi connectivity index (χ0) is 58.7. The summed E-state index contributed by atoms with van der Waals surface area (Å²) in [5, 5.41) is 0. The fourth-order valence-corrected chi connectivity index (χ4v) is 17.1. The van der Waals surface area contributed by atoms with Crippen LogP contribution in [0.15, 0.2) is 188 Å². The number of fused-ring (bicyclic) bond motifs is 9. The summed E-state index contributed by atoms with van der Waals surface area (Å²) in [5.74, 6) is 0.111. The fraction of sp³-hybridized carbons (Fsp3) is 0.333. The van der Waals surface area contributed by atoms with Crippen molar-refractivity contribution in [3.05, 3.63) is 244 Å². The average molecular weight is 1110 g/mol. The topological polar surface area (TPSA) is 9.72 Å². The molecule has 6 aliphatic rings. The van der Waals surface area contributed by atoms with Crippen molar-refractivity contribution >= 4 is 68.6 Å². The Bertz CT molecular complexity index is 4120. The molecule has 0 aromatic heterocycles. The van der Waals surface area contributed by atoms with Crippen LogP contribution in [-0.4, -0.2) is 12.3 Å². The van der Waals surface area contributed by atoms with Crippen LogP contribution in [0.1, 0.15) is 170 Å². The summed E-state index contributed by atoms with van der Waals surface area (Å²) in [6, 6.07) is 74.6. The van der Waals surface area contributed by atoms with Crippen LogP contribution in [-0.2, 0) is 41.9 Å². The van der Waals surface area contributed by atoms with Crippen LogP contribution in [0.2, 0.25) is 0 Å². The molecule has 426 valence electrons. The van der Waals surface area contributed by atoms with Crippen LogP contribution in [0.4, 0.5) is 45.5 Å². The summed E-state index contributed by atoms with van der Waals surface area (Å²) in [5.41, 5.74) is 31.1. The lowest BCUT2D eigenvalue weighted by atomic mass is 9.33. The van der Waals surface area contributed by atoms with E-state index in [1.54, 1.807) is 0 Å². The predicted octanol–water partition coefficient (Wildman–Crippen LogP) is 19.2. The van der Waals surface area contributed by atoms with Gasteiger partial charge in [0.2, 0.25) is 0 Å². The van der Waals surface area contributed by atoms with Crippen LogP contribution in [0, 0.1) is 10.8 Å². The molecule has 9 aromatic rings. The molecule has 3 aliphatic heterocycles. The van der Waals surface area contributed by atoms with Crippen LogP contribution >= 0.6 is 0 Å². The molecule has 3 heterocycles. The van der Waals surface area contributed by atoms with Gasteiger partial charge < -0.3 is 14.7 Å². The lowest BCUT2D eigenvalue weighted by molar-refractivity contribution is 0.195. The van der Waals surface area contributed by atoms with E-state index >= 15 is 0 Å². The number of rotatable bonds is 7. The third-order valence-electron chi connectivity index (χ3n) is 21.5. The van der Waals surface area contributed by atoms with Crippen LogP contribution in [0.25, 0.3) is 11.1 Å². The Labute approximate surface area is 508 Å². The summed E-state index contributed by atoms with van der Waals surface area (Å²) in [7, 11) is 0. The van der Waals surface area contributed by atoms with Crippen molar-refractivity contribution in [1.29, 1.82) is 0 Å². The zero-order valence-corrected chi connectivity index (χ0v) is 52.6. The van der Waals surface area contributed by atoms with E-state index in [4.69, 9.17) is 0 Å². The number of hydrogen-bond acceptors (Lipinski definition) is 3. The van der Waals surface area contributed by atoms with E-state index in [-0.39, 0.29) is 45.2 Å². The van der Waals surface area contributed by atoms with E-state index in [9.17, 15) is 0 Å². The quantitative estimate of drug-likeness (QED) is 0.116. The molecule has 0 radical (unpaired) electrons. The van der Waals surface area contributed by atoms with Crippen molar-refractivity contribution in [2.24, 2.45) is 10.8 Å². The van der Waals surface area contributed by atoms with Crippen molar-refractivity contribution in [3.63, 3.8) is 0 Å². The molecule has 0 bridgehead atoms. The minimum Gasteiger partial charge on any atom is -0.334 e. The fourth-order valence-electron chi connectivity index (χ4n) is 17.1. The second-order valence-corrected chi connectivity index (χ2v) is 30.7. The van der Waals surface area contributed by atoms with Crippen molar-refractivity contribution in [2.75, 3.05) is 14.7 Å². The first-order chi connectivity index (χ1) is 40.6. The third kappa shape index (κ3) is 8.56. The van der Waals surface area contributed by atoms with Gasteiger partial charge in [-0.25, -0.2) is 0 Å². The van der Waals surface area contributed by atoms with E-state index in [1.807, 2.05) is 0 Å². The minimum absolute atomic E-state index is 0.00731. The predicted molar refractivity (Wildman–Crippen MR) is 362 cm³/mol. The molecule has 1 saturated carbocycles. The van der Waals surface area contributed by atoms with Crippen LogP contribution < -0.4 is 31.1 Å². The maximum atomic E-state index is 2.87. The Morgan fingerprint density at radius 1 is 0.412 bits per heavy atom. The largest absolute Gasteiger partial charge is 0.334 e. The molecule has 1 fully saturated rings. The molecule has 4 heteroatoms. The molecular weight excluding hydrogens is 1030 g/mol. The van der Waals surface area contributed by atoms with Crippen molar-refractivity contribution < 1.29 is 0 Å². The normalized spacial score (nSPS) is 20.4. The smallest absolute Gasteiger partial charge is 0.252 e. The number of hydrogen-bond donors (Lipinski definition) is 0. The number of anilines is 8. The highest BCUT2D eigenvalue weighted by atomic mass is 15.3. The highest BCUT2D eigenvalue weighted by Gasteiger charge is 2.58. The van der Waals surface area contributed by atoms with Crippen molar-refractivity contribution in [2.45, 2.75) is 162 Å². The molecule has 0 N–H and O–H groups in total. The lowest BCUT2D eigenvalue weighted by Crippen LogP contribution is -2.62. The van der Waals surface area contributed by atoms with Gasteiger partial charge in [-0.15, -0.1) is 0 Å². The monoisotopic (exact) mass is 1110 g/mol. The summed E-state index contributed by atoms with van der Waals surface area (Å²) in [6.07, 6.45) is 9.01. The molecular formula is C81H84BN3. The Hall–Kier alpha value is -7.56. The molecule has 0 saturated heterocycles. The summed E-state index contributed by atoms with van der Waals surface area (Å²) >= 11 is 0. The molecule has 85 heavy (non-hydrogen) atoms. The average Bonchev–Trinajstić information content (AvgIpc) is 1.76. The first-order valence-electron chi connectivity index (χ1n) is 32.0. The molecule has 2 atom stereocenters. The summed E-state index contributed by atoms with van der Waals surface area (Å²) < 4.78 is 0. The Morgan fingerprint density at radius 2 is 0.953 bits per heavy atom. The van der Waals surface area contributed by atoms with E-state index in [0.29, 0.717) is 0 Å². The molecule has 9 aromatic carbocycles. The van der Waals surface area contributed by atoms with Gasteiger partial charge in [0.05, 0.1) is 11.2 Å². The lowest BCUT2D eigenvalue weighted by Gasteiger charge is -2.51. The van der Waals surface area contributed by atoms with Gasteiger partial charge in [0, 0.05) is 56.7 Å². The maximum absolute atomic E-state index is 2.87. The van der Waals surface area contributed by atoms with Gasteiger partial charge in [-0.1, -0.05) is 222 Å². The van der Waals surface area contributed by atoms with E-state index in [1.165, 1.54) is 141 Å². The first kappa shape index (κ1) is 54.1. The Morgan fingerprint density at radius 3 is 1.60 bits per heavy atom. The maximum Gasteiger partial charge on any atom is 0.252 e. The molecule has 3 aliphatic carbocycles. The number of nitrogens with zero attached hydrogens (tertiary/aromatic N) is 3. The van der Waals surface area contributed by atoms with Crippen LogP contribution in [0.3, 0.4) is 0 Å². The molecule has 3 nitrogen and oxygen atoms in total. The Balaban J connectivity index is 1.05. The van der Waals surface area contributed by atoms with Gasteiger partial charge in [0.1, 0.15) is 0 Å². The molecule has 0 amide bonds. The highest BCUT2D eigenvalue weighted by molar-refractivity contribution is 7.00. The highest BCUT2D eigenvalue weighted by Crippen LogP contribution is 2.63. The first-order valence-corrected chi connectivity index (χ1v) is 32.0. The van der Waals surface area contributed by atoms with Gasteiger partial charge in [-0.05, 0) is 199 Å². The van der Waals surface area contributed by atoms with Gasteiger partial charge >= 0.3 is 0 Å². The van der Waals surface area contributed by atoms with Gasteiger partial charge in [0.15, 0.2) is 0 Å². The van der Waals surface area contributed by atoms with Gasteiger partial charge in [-0.3, -0.25) is 0 Å². The standard InChI is InChI=1S/C81H84BN3/c1-76(2,3)60-32-36-68(64(44-60)52-24-16-13-17-25-52)84-70-37-33-61(77(4,5)6)45-67(70)82-66-42-58-50-79(9,10)51-59(58)43-71(66)83(62-34-30-56-48-78(7,8)49-57(56)40-62)72-46-63(47-73(84)75(72)82)85-69-35-31-55(41-65(69)80(11)38-22-23-39-81(80,85)12)74(53-26-18-14-19-27-53)54-28-20-15-21-29-54/h13-21,24-37,40-47,74H,22-23,38-39,48-51H2,1-12H3.